The van der Waals surface area contributed by atoms with Crippen LogP contribution < -0.4 is 10.6 Å². The first-order valence-corrected chi connectivity index (χ1v) is 6.73. The predicted octanol–water partition coefficient (Wildman–Crippen LogP) is 0.206. The predicted molar refractivity (Wildman–Crippen MR) is 77.0 cm³/mol. The molecular weight excluding hydrogens is 295 g/mol. The molecule has 0 aliphatic rings. The summed E-state index contributed by atoms with van der Waals surface area (Å²) in [6, 6.07) is 4.11. The molecule has 22 heavy (non-hydrogen) atoms. The molecule has 1 unspecified atom stereocenters. The lowest BCUT2D eigenvalue weighted by Crippen LogP contribution is -2.41. The van der Waals surface area contributed by atoms with Crippen molar-refractivity contribution >= 4 is 17.6 Å². The number of carboxylic acids is 1. The average Bonchev–Trinajstić information content (AvgIpc) is 2.48. The number of carbonyl (C=O) groups is 2. The van der Waals surface area contributed by atoms with Crippen LogP contribution in [-0.4, -0.2) is 54.5 Å². The minimum atomic E-state index is -1.16. The molecule has 0 aromatic heterocycles. The average molecular weight is 314 g/mol. The first-order valence-electron chi connectivity index (χ1n) is 6.73. The number of benzene rings is 1. The summed E-state index contributed by atoms with van der Waals surface area (Å²) in [6.45, 7) is 0.525. The molecule has 0 aliphatic carbocycles. The largest absolute Gasteiger partial charge is 0.480 e. The Morgan fingerprint density at radius 3 is 2.50 bits per heavy atom. The van der Waals surface area contributed by atoms with Gasteiger partial charge in [-0.2, -0.15) is 0 Å². The number of anilines is 1. The molecule has 0 saturated heterocycles. The normalized spacial score (nSPS) is 11.9. The van der Waals surface area contributed by atoms with Gasteiger partial charge in [-0.25, -0.2) is 4.39 Å². The highest BCUT2D eigenvalue weighted by molar-refractivity contribution is 5.93. The number of ether oxygens (including phenoxy) is 1. The van der Waals surface area contributed by atoms with Gasteiger partial charge in [-0.15, -0.1) is 0 Å². The van der Waals surface area contributed by atoms with Crippen LogP contribution in [0.1, 0.15) is 6.42 Å². The van der Waals surface area contributed by atoms with Crippen molar-refractivity contribution in [1.29, 1.82) is 0 Å². The fourth-order valence-electron chi connectivity index (χ4n) is 1.65. The third-order valence-electron chi connectivity index (χ3n) is 2.69. The molecule has 7 nitrogen and oxygen atoms in total. The molecule has 0 spiro atoms. The van der Waals surface area contributed by atoms with Gasteiger partial charge in [0.2, 0.25) is 5.91 Å². The maximum absolute atomic E-state index is 12.7. The van der Waals surface area contributed by atoms with Crippen molar-refractivity contribution in [2.45, 2.75) is 12.5 Å². The molecular formula is C14H19FN2O5. The lowest BCUT2D eigenvalue weighted by molar-refractivity contribution is -0.141. The summed E-state index contributed by atoms with van der Waals surface area (Å²) in [4.78, 5) is 22.9. The van der Waals surface area contributed by atoms with E-state index in [0.29, 0.717) is 5.69 Å². The number of hydrogen-bond donors (Lipinski definition) is 4. The number of aliphatic hydroxyl groups excluding tert-OH is 1. The number of carbonyl (C=O) groups excluding carboxylic acids is 1. The Kier molecular flexibility index (Phi) is 8.05. The van der Waals surface area contributed by atoms with Crippen LogP contribution in [0.25, 0.3) is 0 Å². The molecule has 1 rings (SSSR count). The van der Waals surface area contributed by atoms with E-state index in [2.05, 4.69) is 10.6 Å². The van der Waals surface area contributed by atoms with E-state index in [4.69, 9.17) is 14.9 Å². The van der Waals surface area contributed by atoms with E-state index in [1.807, 2.05) is 0 Å². The second-order valence-corrected chi connectivity index (χ2v) is 4.44. The topological polar surface area (TPSA) is 108 Å². The monoisotopic (exact) mass is 314 g/mol. The minimum absolute atomic E-state index is 0.109. The number of nitrogens with one attached hydrogen (secondary N) is 2. The van der Waals surface area contributed by atoms with Gasteiger partial charge in [-0.05, 0) is 24.3 Å². The quantitative estimate of drug-likeness (QED) is 0.460. The van der Waals surface area contributed by atoms with Gasteiger partial charge in [-0.1, -0.05) is 0 Å². The summed E-state index contributed by atoms with van der Waals surface area (Å²) >= 11 is 0. The van der Waals surface area contributed by atoms with Crippen LogP contribution in [0.4, 0.5) is 10.1 Å². The number of aliphatic carboxylic acids is 1. The van der Waals surface area contributed by atoms with E-state index in [1.54, 1.807) is 0 Å². The van der Waals surface area contributed by atoms with Crippen molar-refractivity contribution < 1.29 is 28.9 Å². The van der Waals surface area contributed by atoms with Gasteiger partial charge >= 0.3 is 5.97 Å². The fraction of sp³-hybridized carbons (Fsp3) is 0.429. The second-order valence-electron chi connectivity index (χ2n) is 4.44. The number of amides is 1. The molecule has 1 atom stereocenters. The molecule has 1 amide bonds. The van der Waals surface area contributed by atoms with Crippen molar-refractivity contribution in [3.8, 4) is 0 Å². The van der Waals surface area contributed by atoms with Crippen LogP contribution >= 0.6 is 0 Å². The summed E-state index contributed by atoms with van der Waals surface area (Å²) in [5, 5.41) is 22.7. The highest BCUT2D eigenvalue weighted by Crippen LogP contribution is 2.09. The van der Waals surface area contributed by atoms with Crippen LogP contribution in [0, 0.1) is 5.82 Å². The first kappa shape index (κ1) is 18.0. The highest BCUT2D eigenvalue weighted by Gasteiger charge is 2.20. The molecule has 0 aliphatic heterocycles. The summed E-state index contributed by atoms with van der Waals surface area (Å²) in [6.07, 6.45) is -0.271. The smallest absolute Gasteiger partial charge is 0.321 e. The van der Waals surface area contributed by atoms with Gasteiger partial charge in [0.1, 0.15) is 11.9 Å². The van der Waals surface area contributed by atoms with Crippen LogP contribution in [-0.2, 0) is 14.3 Å². The van der Waals surface area contributed by atoms with Gasteiger partial charge in [0.25, 0.3) is 0 Å². The maximum atomic E-state index is 12.7. The second kappa shape index (κ2) is 9.82. The first-order chi connectivity index (χ1) is 10.5. The summed E-state index contributed by atoms with van der Waals surface area (Å²) in [5.74, 6) is -2.08. The molecule has 0 heterocycles. The van der Waals surface area contributed by atoms with Gasteiger partial charge < -0.3 is 25.6 Å². The Bertz CT molecular complexity index is 481. The summed E-state index contributed by atoms with van der Waals surface area (Å²) in [7, 11) is 0. The fourth-order valence-corrected chi connectivity index (χ4v) is 1.65. The number of carboxylic acid groups (broad SMARTS) is 1. The number of aliphatic hydroxyl groups is 1. The highest BCUT2D eigenvalue weighted by atomic mass is 19.1. The van der Waals surface area contributed by atoms with E-state index < -0.39 is 23.7 Å². The van der Waals surface area contributed by atoms with Crippen molar-refractivity contribution in [2.75, 3.05) is 31.7 Å². The van der Waals surface area contributed by atoms with Gasteiger partial charge in [0.15, 0.2) is 0 Å². The zero-order valence-electron chi connectivity index (χ0n) is 11.9. The molecule has 1 aromatic rings. The minimum Gasteiger partial charge on any atom is -0.480 e. The summed E-state index contributed by atoms with van der Waals surface area (Å²) in [5.41, 5.74) is 0.391. The molecule has 0 fully saturated rings. The molecule has 0 radical (unpaired) electrons. The number of halogens is 1. The van der Waals surface area contributed by atoms with Crippen LogP contribution in [0.15, 0.2) is 24.3 Å². The molecule has 0 saturated carbocycles. The molecule has 4 N–H and O–H groups in total. The van der Waals surface area contributed by atoms with Crippen LogP contribution in [0.2, 0.25) is 0 Å². The summed E-state index contributed by atoms with van der Waals surface area (Å²) < 4.78 is 17.7. The number of hydrogen-bond acceptors (Lipinski definition) is 5. The van der Waals surface area contributed by atoms with E-state index in [0.717, 1.165) is 0 Å². The van der Waals surface area contributed by atoms with Crippen molar-refractivity contribution in [1.82, 2.24) is 5.32 Å². The van der Waals surface area contributed by atoms with Gasteiger partial charge in [0.05, 0.1) is 26.2 Å². The lowest BCUT2D eigenvalue weighted by atomic mass is 10.2. The zero-order chi connectivity index (χ0) is 16.4. The van der Waals surface area contributed by atoms with Crippen molar-refractivity contribution in [3.63, 3.8) is 0 Å². The van der Waals surface area contributed by atoms with E-state index >= 15 is 0 Å². The van der Waals surface area contributed by atoms with E-state index in [1.165, 1.54) is 24.3 Å². The zero-order valence-corrected chi connectivity index (χ0v) is 11.9. The molecule has 122 valence electrons. The van der Waals surface area contributed by atoms with E-state index in [9.17, 15) is 14.0 Å². The van der Waals surface area contributed by atoms with Crippen molar-refractivity contribution in [2.24, 2.45) is 0 Å². The Morgan fingerprint density at radius 1 is 1.23 bits per heavy atom. The third-order valence-corrected chi connectivity index (χ3v) is 2.69. The molecule has 8 heteroatoms. The SMILES string of the molecule is O=C(CC(NCCOCCO)C(=O)O)Nc1ccc(F)cc1. The van der Waals surface area contributed by atoms with Crippen LogP contribution in [0.3, 0.4) is 0 Å². The Balaban J connectivity index is 2.39. The lowest BCUT2D eigenvalue weighted by Gasteiger charge is -2.14. The van der Waals surface area contributed by atoms with Crippen LogP contribution in [0.5, 0.6) is 0 Å². The maximum Gasteiger partial charge on any atom is 0.321 e. The third kappa shape index (κ3) is 7.11. The number of rotatable bonds is 10. The Hall–Kier alpha value is -2.03. The standard InChI is InChI=1S/C14H19FN2O5/c15-10-1-3-11(4-2-10)17-13(19)9-12(14(20)21)16-5-7-22-8-6-18/h1-4,12,16,18H,5-9H2,(H,17,19)(H,20,21). The van der Waals surface area contributed by atoms with E-state index in [-0.39, 0.29) is 32.8 Å². The van der Waals surface area contributed by atoms with Gasteiger partial charge in [-0.3, -0.25) is 9.59 Å². The Labute approximate surface area is 127 Å². The van der Waals surface area contributed by atoms with Crippen molar-refractivity contribution in [3.05, 3.63) is 30.1 Å². The Morgan fingerprint density at radius 2 is 1.91 bits per heavy atom. The van der Waals surface area contributed by atoms with Gasteiger partial charge in [0, 0.05) is 12.2 Å². The molecule has 1 aromatic carbocycles. The molecule has 0 bridgehead atoms.